The van der Waals surface area contributed by atoms with Crippen LogP contribution in [0.5, 0.6) is 0 Å². The maximum absolute atomic E-state index is 6.15. The Kier molecular flexibility index (Phi) is 2.59. The van der Waals surface area contributed by atoms with Crippen molar-refractivity contribution in [2.75, 3.05) is 0 Å². The summed E-state index contributed by atoms with van der Waals surface area (Å²) in [5.41, 5.74) is 13.5. The maximum Gasteiger partial charge on any atom is 0.0787 e. The molecule has 1 saturated heterocycles. The Hall–Kier alpha value is -1.42. The number of benzene rings is 1. The minimum absolute atomic E-state index is 0.0414. The van der Waals surface area contributed by atoms with Gasteiger partial charge in [0.2, 0.25) is 0 Å². The molecule has 0 radical (unpaired) electrons. The third-order valence-corrected chi connectivity index (χ3v) is 3.53. The lowest BCUT2D eigenvalue weighted by atomic mass is 10.0. The first-order valence-electron chi connectivity index (χ1n) is 5.97. The normalized spacial score (nSPS) is 39.3. The lowest BCUT2D eigenvalue weighted by Gasteiger charge is -2.22. The minimum atomic E-state index is 0.0414. The van der Waals surface area contributed by atoms with Crippen LogP contribution in [-0.2, 0) is 0 Å². The van der Waals surface area contributed by atoms with Gasteiger partial charge in [0.1, 0.15) is 0 Å². The van der Waals surface area contributed by atoms with Gasteiger partial charge in [0.25, 0.3) is 0 Å². The molecule has 88 valence electrons. The topological polar surface area (TPSA) is 55.0 Å². The van der Waals surface area contributed by atoms with Crippen LogP contribution in [0.25, 0.3) is 0 Å². The summed E-state index contributed by atoms with van der Waals surface area (Å²) in [6.45, 7) is 0. The summed E-state index contributed by atoms with van der Waals surface area (Å²) >= 11 is 0. The van der Waals surface area contributed by atoms with Gasteiger partial charge in [-0.05, 0) is 5.56 Å². The van der Waals surface area contributed by atoms with Gasteiger partial charge < -0.3 is 11.5 Å². The molecule has 4 unspecified atom stereocenters. The van der Waals surface area contributed by atoms with Gasteiger partial charge in [-0.15, -0.1) is 0 Å². The summed E-state index contributed by atoms with van der Waals surface area (Å²) in [6, 6.07) is 10.9. The van der Waals surface area contributed by atoms with Crippen LogP contribution in [0.4, 0.5) is 0 Å². The highest BCUT2D eigenvalue weighted by atomic mass is 15.4. The van der Waals surface area contributed by atoms with Crippen molar-refractivity contribution in [3.8, 4) is 0 Å². The van der Waals surface area contributed by atoms with E-state index in [0.717, 1.165) is 0 Å². The molecule has 1 fully saturated rings. The van der Waals surface area contributed by atoms with Crippen LogP contribution in [0, 0.1) is 0 Å². The van der Waals surface area contributed by atoms with Gasteiger partial charge >= 0.3 is 0 Å². The number of allylic oxidation sites excluding steroid dienone is 2. The molecule has 1 aliphatic carbocycles. The van der Waals surface area contributed by atoms with Crippen molar-refractivity contribution < 1.29 is 0 Å². The maximum atomic E-state index is 6.15. The molecule has 1 aromatic rings. The lowest BCUT2D eigenvalue weighted by molar-refractivity contribution is 0.380. The highest BCUT2D eigenvalue weighted by Crippen LogP contribution is 2.43. The summed E-state index contributed by atoms with van der Waals surface area (Å²) < 4.78 is 0. The summed E-state index contributed by atoms with van der Waals surface area (Å²) in [7, 11) is 0. The summed E-state index contributed by atoms with van der Waals surface area (Å²) in [4.78, 5) is 2.26. The van der Waals surface area contributed by atoms with Crippen molar-refractivity contribution in [2.45, 2.75) is 24.3 Å². The molecule has 1 heterocycles. The lowest BCUT2D eigenvalue weighted by Crippen LogP contribution is -2.40. The van der Waals surface area contributed by atoms with E-state index in [9.17, 15) is 0 Å². The summed E-state index contributed by atoms with van der Waals surface area (Å²) in [5.74, 6) is 0. The molecule has 5 atom stereocenters. The standard InChI is InChI=1S/C14H17N3/c15-11-8-4-5-9-12(11)17-13(14(17)16)10-6-2-1-3-7-10/h1-9,11-14H,15-16H2/t11?,12?,13?,14-,17?/m0/s1. The van der Waals surface area contributed by atoms with E-state index < -0.39 is 0 Å². The largest absolute Gasteiger partial charge is 0.323 e. The van der Waals surface area contributed by atoms with E-state index in [1.165, 1.54) is 5.56 Å². The third-order valence-electron chi connectivity index (χ3n) is 3.53. The van der Waals surface area contributed by atoms with E-state index in [0.29, 0.717) is 6.04 Å². The molecule has 0 amide bonds. The minimum Gasteiger partial charge on any atom is -0.323 e. The number of rotatable bonds is 2. The Morgan fingerprint density at radius 1 is 0.941 bits per heavy atom. The van der Waals surface area contributed by atoms with Crippen LogP contribution < -0.4 is 11.5 Å². The van der Waals surface area contributed by atoms with Crippen LogP contribution >= 0.6 is 0 Å². The number of hydrogen-bond acceptors (Lipinski definition) is 3. The molecule has 3 rings (SSSR count). The summed E-state index contributed by atoms with van der Waals surface area (Å²) in [6.07, 6.45) is 8.28. The molecule has 3 heteroatoms. The molecule has 4 N–H and O–H groups in total. The van der Waals surface area contributed by atoms with Crippen LogP contribution in [0.1, 0.15) is 11.6 Å². The third kappa shape index (κ3) is 1.82. The van der Waals surface area contributed by atoms with E-state index in [1.54, 1.807) is 0 Å². The van der Waals surface area contributed by atoms with Gasteiger partial charge in [-0.2, -0.15) is 0 Å². The van der Waals surface area contributed by atoms with Crippen molar-refractivity contribution in [1.82, 2.24) is 4.90 Å². The first kappa shape index (κ1) is 10.7. The molecule has 1 aliphatic heterocycles. The zero-order valence-electron chi connectivity index (χ0n) is 9.61. The monoisotopic (exact) mass is 227 g/mol. The van der Waals surface area contributed by atoms with Gasteiger partial charge in [-0.1, -0.05) is 54.6 Å². The van der Waals surface area contributed by atoms with Gasteiger partial charge in [0, 0.05) is 12.1 Å². The zero-order valence-corrected chi connectivity index (χ0v) is 9.61. The SMILES string of the molecule is NC1C=CC=CC1N1C(c2ccccc2)[C@H]1N. The zero-order chi connectivity index (χ0) is 11.8. The van der Waals surface area contributed by atoms with Gasteiger partial charge in [0.05, 0.1) is 12.2 Å². The molecule has 0 saturated carbocycles. The van der Waals surface area contributed by atoms with Gasteiger partial charge in [-0.25, -0.2) is 0 Å². The molecule has 2 aliphatic rings. The Morgan fingerprint density at radius 3 is 2.35 bits per heavy atom. The van der Waals surface area contributed by atoms with E-state index >= 15 is 0 Å². The van der Waals surface area contributed by atoms with Crippen LogP contribution in [0.3, 0.4) is 0 Å². The molecular formula is C14H17N3. The number of nitrogens with zero attached hydrogens (tertiary/aromatic N) is 1. The second kappa shape index (κ2) is 4.11. The van der Waals surface area contributed by atoms with Gasteiger partial charge in [0.15, 0.2) is 0 Å². The highest BCUT2D eigenvalue weighted by molar-refractivity contribution is 5.30. The predicted octanol–water partition coefficient (Wildman–Crippen LogP) is 1.15. The fourth-order valence-electron chi connectivity index (χ4n) is 2.58. The molecule has 3 nitrogen and oxygen atoms in total. The second-order valence-corrected chi connectivity index (χ2v) is 4.63. The van der Waals surface area contributed by atoms with Crippen LogP contribution in [0.2, 0.25) is 0 Å². The Morgan fingerprint density at radius 2 is 1.65 bits per heavy atom. The van der Waals surface area contributed by atoms with E-state index in [1.807, 2.05) is 24.3 Å². The fraction of sp³-hybridized carbons (Fsp3) is 0.286. The molecule has 0 spiro atoms. The average Bonchev–Trinajstić information content (AvgIpc) is 3.02. The fourth-order valence-corrected chi connectivity index (χ4v) is 2.58. The smallest absolute Gasteiger partial charge is 0.0787 e. The second-order valence-electron chi connectivity index (χ2n) is 4.63. The quantitative estimate of drug-likeness (QED) is 0.745. The Labute approximate surface area is 101 Å². The van der Waals surface area contributed by atoms with E-state index in [2.05, 4.69) is 35.2 Å². The molecule has 1 aromatic carbocycles. The molecule has 0 aromatic heterocycles. The Balaban J connectivity index is 1.79. The molecule has 17 heavy (non-hydrogen) atoms. The Bertz CT molecular complexity index is 452. The number of hydrogen-bond donors (Lipinski definition) is 2. The predicted molar refractivity (Wildman–Crippen MR) is 69.0 cm³/mol. The van der Waals surface area contributed by atoms with E-state index in [-0.39, 0.29) is 18.2 Å². The van der Waals surface area contributed by atoms with Crippen molar-refractivity contribution in [1.29, 1.82) is 0 Å². The summed E-state index contributed by atoms with van der Waals surface area (Å²) in [5, 5.41) is 0. The van der Waals surface area contributed by atoms with Crippen molar-refractivity contribution in [3.05, 3.63) is 60.2 Å². The first-order chi connectivity index (χ1) is 8.29. The van der Waals surface area contributed by atoms with Gasteiger partial charge in [-0.3, -0.25) is 4.90 Å². The average molecular weight is 227 g/mol. The van der Waals surface area contributed by atoms with Crippen molar-refractivity contribution in [3.63, 3.8) is 0 Å². The van der Waals surface area contributed by atoms with E-state index in [4.69, 9.17) is 11.5 Å². The first-order valence-corrected chi connectivity index (χ1v) is 5.97. The van der Waals surface area contributed by atoms with Crippen molar-refractivity contribution in [2.24, 2.45) is 11.5 Å². The van der Waals surface area contributed by atoms with Crippen LogP contribution in [0.15, 0.2) is 54.6 Å². The molecular weight excluding hydrogens is 210 g/mol. The van der Waals surface area contributed by atoms with Crippen molar-refractivity contribution >= 4 is 0 Å². The van der Waals surface area contributed by atoms with Crippen LogP contribution in [-0.4, -0.2) is 23.1 Å². The number of nitrogens with two attached hydrogens (primary N) is 2. The highest BCUT2D eigenvalue weighted by Gasteiger charge is 2.50. The molecule has 0 bridgehead atoms.